The molecule has 100 valence electrons. The second-order valence-electron chi connectivity index (χ2n) is 4.56. The first-order valence-electron chi connectivity index (χ1n) is 6.62. The van der Waals surface area contributed by atoms with Crippen molar-refractivity contribution in [3.8, 4) is 5.75 Å². The molecule has 1 fully saturated rings. The number of nitrogens with one attached hydrogen (secondary N) is 1. The summed E-state index contributed by atoms with van der Waals surface area (Å²) in [4.78, 5) is 0. The highest BCUT2D eigenvalue weighted by atomic mass is 16.5. The van der Waals surface area contributed by atoms with Crippen molar-refractivity contribution in [3.05, 3.63) is 29.8 Å². The highest BCUT2D eigenvalue weighted by molar-refractivity contribution is 5.36. The van der Waals surface area contributed by atoms with Crippen molar-refractivity contribution in [2.75, 3.05) is 19.8 Å². The van der Waals surface area contributed by atoms with Crippen LogP contribution >= 0.6 is 0 Å². The van der Waals surface area contributed by atoms with Gasteiger partial charge in [0.1, 0.15) is 5.75 Å². The molecule has 1 aliphatic rings. The van der Waals surface area contributed by atoms with E-state index >= 15 is 0 Å². The number of ether oxygens (including phenoxy) is 2. The van der Waals surface area contributed by atoms with Gasteiger partial charge >= 0.3 is 0 Å². The van der Waals surface area contributed by atoms with Crippen LogP contribution < -0.4 is 16.0 Å². The minimum Gasteiger partial charge on any atom is -0.494 e. The predicted molar refractivity (Wildman–Crippen MR) is 71.2 cm³/mol. The summed E-state index contributed by atoms with van der Waals surface area (Å²) in [6, 6.07) is 8.25. The fraction of sp³-hybridized carbons (Fsp3) is 0.571. The lowest BCUT2D eigenvalue weighted by molar-refractivity contribution is 0.0532. The summed E-state index contributed by atoms with van der Waals surface area (Å²) in [7, 11) is 0. The summed E-state index contributed by atoms with van der Waals surface area (Å²) in [5.74, 6) is 7.18. The summed E-state index contributed by atoms with van der Waals surface area (Å²) in [5, 5.41) is 0. The first-order valence-corrected chi connectivity index (χ1v) is 6.62. The van der Waals surface area contributed by atoms with Gasteiger partial charge in [-0.3, -0.25) is 11.3 Å². The van der Waals surface area contributed by atoms with Crippen LogP contribution in [0, 0.1) is 5.92 Å². The number of nitrogens with two attached hydrogens (primary N) is 1. The van der Waals surface area contributed by atoms with Gasteiger partial charge < -0.3 is 9.47 Å². The van der Waals surface area contributed by atoms with Crippen molar-refractivity contribution < 1.29 is 9.47 Å². The van der Waals surface area contributed by atoms with E-state index in [2.05, 4.69) is 11.5 Å². The van der Waals surface area contributed by atoms with Gasteiger partial charge in [0.2, 0.25) is 0 Å². The van der Waals surface area contributed by atoms with Crippen LogP contribution in [-0.2, 0) is 4.74 Å². The summed E-state index contributed by atoms with van der Waals surface area (Å²) in [6.07, 6.45) is 2.07. The second kappa shape index (κ2) is 6.73. The van der Waals surface area contributed by atoms with Crippen molar-refractivity contribution in [3.63, 3.8) is 0 Å². The Hall–Kier alpha value is -1.10. The Bertz CT molecular complexity index is 365. The summed E-state index contributed by atoms with van der Waals surface area (Å²) >= 11 is 0. The Morgan fingerprint density at radius 1 is 1.39 bits per heavy atom. The molecular weight excluding hydrogens is 228 g/mol. The molecule has 0 aliphatic carbocycles. The molecule has 0 aromatic heterocycles. The van der Waals surface area contributed by atoms with Crippen LogP contribution in [0.5, 0.6) is 5.75 Å². The van der Waals surface area contributed by atoms with Crippen molar-refractivity contribution in [1.82, 2.24) is 5.43 Å². The zero-order valence-corrected chi connectivity index (χ0v) is 10.9. The van der Waals surface area contributed by atoms with Gasteiger partial charge in [-0.1, -0.05) is 18.2 Å². The van der Waals surface area contributed by atoms with Crippen molar-refractivity contribution in [1.29, 1.82) is 0 Å². The van der Waals surface area contributed by atoms with Crippen molar-refractivity contribution >= 4 is 0 Å². The number of para-hydroxylation sites is 1. The Kier molecular flexibility index (Phi) is 4.99. The van der Waals surface area contributed by atoms with Gasteiger partial charge in [0.15, 0.2) is 0 Å². The van der Waals surface area contributed by atoms with Crippen LogP contribution in [0.3, 0.4) is 0 Å². The fourth-order valence-corrected chi connectivity index (χ4v) is 2.55. The van der Waals surface area contributed by atoms with E-state index in [0.29, 0.717) is 12.5 Å². The Morgan fingerprint density at radius 3 is 2.78 bits per heavy atom. The predicted octanol–water partition coefficient (Wildman–Crippen LogP) is 2.02. The van der Waals surface area contributed by atoms with Gasteiger partial charge in [-0.05, 0) is 31.7 Å². The lowest BCUT2D eigenvalue weighted by Gasteiger charge is -2.31. The SMILES string of the molecule is CCOc1ccccc1C(NN)C1CCOCC1. The summed E-state index contributed by atoms with van der Waals surface area (Å²) in [5.41, 5.74) is 4.10. The van der Waals surface area contributed by atoms with E-state index < -0.39 is 0 Å². The van der Waals surface area contributed by atoms with Crippen LogP contribution in [0.25, 0.3) is 0 Å². The van der Waals surface area contributed by atoms with Gasteiger partial charge in [0, 0.05) is 18.8 Å². The van der Waals surface area contributed by atoms with Crippen molar-refractivity contribution in [2.24, 2.45) is 11.8 Å². The average molecular weight is 250 g/mol. The van der Waals surface area contributed by atoms with Gasteiger partial charge in [0.25, 0.3) is 0 Å². The van der Waals surface area contributed by atoms with Gasteiger partial charge in [-0.25, -0.2) is 0 Å². The zero-order valence-electron chi connectivity index (χ0n) is 10.9. The molecule has 0 saturated carbocycles. The minimum absolute atomic E-state index is 0.136. The molecule has 3 N–H and O–H groups in total. The van der Waals surface area contributed by atoms with E-state index in [1.807, 2.05) is 25.1 Å². The molecular formula is C14H22N2O2. The standard InChI is InChI=1S/C14H22N2O2/c1-2-18-13-6-4-3-5-12(13)14(16-15)11-7-9-17-10-8-11/h3-6,11,14,16H,2,7-10,15H2,1H3. The third-order valence-corrected chi connectivity index (χ3v) is 3.47. The quantitative estimate of drug-likeness (QED) is 0.620. The van der Waals surface area contributed by atoms with Crippen LogP contribution in [0.15, 0.2) is 24.3 Å². The number of hydrogen-bond acceptors (Lipinski definition) is 4. The third kappa shape index (κ3) is 3.02. The Morgan fingerprint density at radius 2 is 2.11 bits per heavy atom. The average Bonchev–Trinajstić information content (AvgIpc) is 2.43. The number of benzene rings is 1. The van der Waals surface area contributed by atoms with Crippen LogP contribution in [0.1, 0.15) is 31.4 Å². The maximum Gasteiger partial charge on any atom is 0.124 e. The lowest BCUT2D eigenvalue weighted by Crippen LogP contribution is -2.36. The highest BCUT2D eigenvalue weighted by Crippen LogP contribution is 2.34. The van der Waals surface area contributed by atoms with Crippen LogP contribution in [-0.4, -0.2) is 19.8 Å². The third-order valence-electron chi connectivity index (χ3n) is 3.47. The molecule has 0 spiro atoms. The first-order chi connectivity index (χ1) is 8.86. The first kappa shape index (κ1) is 13.3. The topological polar surface area (TPSA) is 56.5 Å². The van der Waals surface area contributed by atoms with E-state index in [1.54, 1.807) is 0 Å². The maximum absolute atomic E-state index is 5.75. The molecule has 1 aromatic carbocycles. The monoisotopic (exact) mass is 250 g/mol. The largest absolute Gasteiger partial charge is 0.494 e. The van der Waals surface area contributed by atoms with Crippen LogP contribution in [0.2, 0.25) is 0 Å². The highest BCUT2D eigenvalue weighted by Gasteiger charge is 2.26. The van der Waals surface area contributed by atoms with E-state index in [0.717, 1.165) is 37.4 Å². The molecule has 4 heteroatoms. The maximum atomic E-state index is 5.75. The molecule has 1 aromatic rings. The molecule has 0 bridgehead atoms. The van der Waals surface area contributed by atoms with Gasteiger partial charge in [0.05, 0.1) is 12.6 Å². The lowest BCUT2D eigenvalue weighted by atomic mass is 9.87. The van der Waals surface area contributed by atoms with Gasteiger partial charge in [-0.2, -0.15) is 0 Å². The molecule has 18 heavy (non-hydrogen) atoms. The van der Waals surface area contributed by atoms with Gasteiger partial charge in [-0.15, -0.1) is 0 Å². The number of hydrazine groups is 1. The molecule has 1 aliphatic heterocycles. The van der Waals surface area contributed by atoms with E-state index in [-0.39, 0.29) is 6.04 Å². The molecule has 4 nitrogen and oxygen atoms in total. The van der Waals surface area contributed by atoms with E-state index in [1.165, 1.54) is 0 Å². The van der Waals surface area contributed by atoms with Crippen molar-refractivity contribution in [2.45, 2.75) is 25.8 Å². The Labute approximate surface area is 108 Å². The Balaban J connectivity index is 2.20. The normalized spacial score (nSPS) is 18.6. The second-order valence-corrected chi connectivity index (χ2v) is 4.56. The number of rotatable bonds is 5. The molecule has 1 unspecified atom stereocenters. The molecule has 1 heterocycles. The molecule has 1 saturated heterocycles. The minimum atomic E-state index is 0.136. The molecule has 2 rings (SSSR count). The molecule has 0 radical (unpaired) electrons. The summed E-state index contributed by atoms with van der Waals surface area (Å²) in [6.45, 7) is 4.30. The van der Waals surface area contributed by atoms with Crippen LogP contribution in [0.4, 0.5) is 0 Å². The number of hydrogen-bond donors (Lipinski definition) is 2. The fourth-order valence-electron chi connectivity index (χ4n) is 2.55. The summed E-state index contributed by atoms with van der Waals surface area (Å²) < 4.78 is 11.1. The smallest absolute Gasteiger partial charge is 0.124 e. The van der Waals surface area contributed by atoms with E-state index in [4.69, 9.17) is 15.3 Å². The zero-order chi connectivity index (χ0) is 12.8. The molecule has 1 atom stereocenters. The molecule has 0 amide bonds. The van der Waals surface area contributed by atoms with E-state index in [9.17, 15) is 0 Å².